The molecule has 1 fully saturated rings. The number of amides is 2. The topological polar surface area (TPSA) is 58.6 Å². The summed E-state index contributed by atoms with van der Waals surface area (Å²) in [5, 5.41) is 1.67. The molecule has 24 heavy (non-hydrogen) atoms. The summed E-state index contributed by atoms with van der Waals surface area (Å²) in [5.41, 5.74) is 3.67. The van der Waals surface area contributed by atoms with Crippen molar-refractivity contribution >= 4 is 51.1 Å². The Balaban J connectivity index is 2.03. The number of carbonyl (C=O) groups is 2. The smallest absolute Gasteiger partial charge is 0.282 e. The minimum Gasteiger partial charge on any atom is -0.495 e. The molecule has 0 saturated carbocycles. The molecule has 0 spiro atoms. The molecule has 2 amide bonds. The fourth-order valence-corrected chi connectivity index (χ4v) is 3.37. The summed E-state index contributed by atoms with van der Waals surface area (Å²) in [6, 6.07) is 12.2. The Morgan fingerprint density at radius 3 is 2.58 bits per heavy atom. The van der Waals surface area contributed by atoms with Crippen LogP contribution < -0.4 is 15.2 Å². The number of hydrogen-bond acceptors (Lipinski definition) is 3. The first-order chi connectivity index (χ1) is 11.5. The molecule has 1 aliphatic heterocycles. The fraction of sp³-hybridized carbons (Fsp3) is 0.0588. The van der Waals surface area contributed by atoms with E-state index in [0.717, 1.165) is 0 Å². The van der Waals surface area contributed by atoms with E-state index < -0.39 is 11.8 Å². The third kappa shape index (κ3) is 3.02. The average molecular weight is 408 g/mol. The molecule has 1 saturated heterocycles. The molecule has 0 aromatic heterocycles. The van der Waals surface area contributed by atoms with Gasteiger partial charge in [-0.1, -0.05) is 29.8 Å². The summed E-state index contributed by atoms with van der Waals surface area (Å²) >= 11 is 9.40. The van der Waals surface area contributed by atoms with E-state index in [1.54, 1.807) is 36.4 Å². The molecule has 1 aliphatic rings. The van der Waals surface area contributed by atoms with Gasteiger partial charge in [0.15, 0.2) is 0 Å². The molecule has 1 heterocycles. The Hall–Kier alpha value is -2.31. The van der Waals surface area contributed by atoms with Gasteiger partial charge < -0.3 is 4.74 Å². The number of hydrazine groups is 1. The Labute approximate surface area is 152 Å². The van der Waals surface area contributed by atoms with Gasteiger partial charge in [0, 0.05) is 10.6 Å². The maximum atomic E-state index is 12.6. The van der Waals surface area contributed by atoms with Crippen LogP contribution in [-0.2, 0) is 9.59 Å². The molecule has 122 valence electrons. The highest BCUT2D eigenvalue weighted by Gasteiger charge is 2.34. The largest absolute Gasteiger partial charge is 0.495 e. The molecule has 3 rings (SSSR count). The standard InChI is InChI=1S/C17H12BrClN2O3/c1-24-15-10(7-11(19)9-14(15)18)8-13-16(22)20-21(17(13)23)12-5-3-2-4-6-12/h2-9H,1H3,(H,20,22)/b13-8-. The Morgan fingerprint density at radius 1 is 1.21 bits per heavy atom. The van der Waals surface area contributed by atoms with E-state index in [1.807, 2.05) is 6.07 Å². The van der Waals surface area contributed by atoms with Gasteiger partial charge in [-0.05, 0) is 46.3 Å². The van der Waals surface area contributed by atoms with Gasteiger partial charge in [-0.3, -0.25) is 15.0 Å². The second-order valence-corrected chi connectivity index (χ2v) is 6.28. The van der Waals surface area contributed by atoms with Crippen LogP contribution in [0, 0.1) is 0 Å². The lowest BCUT2D eigenvalue weighted by Gasteiger charge is -2.14. The van der Waals surface area contributed by atoms with Crippen molar-refractivity contribution in [1.29, 1.82) is 0 Å². The predicted octanol–water partition coefficient (Wildman–Crippen LogP) is 3.57. The maximum Gasteiger partial charge on any atom is 0.282 e. The number of ether oxygens (including phenoxy) is 1. The van der Waals surface area contributed by atoms with E-state index in [-0.39, 0.29) is 5.57 Å². The van der Waals surface area contributed by atoms with Crippen molar-refractivity contribution in [2.24, 2.45) is 0 Å². The third-order valence-corrected chi connectivity index (χ3v) is 4.25. The monoisotopic (exact) mass is 406 g/mol. The first-order valence-corrected chi connectivity index (χ1v) is 8.13. The van der Waals surface area contributed by atoms with Gasteiger partial charge in [0.2, 0.25) is 0 Å². The number of nitrogens with zero attached hydrogens (tertiary/aromatic N) is 1. The van der Waals surface area contributed by atoms with Crippen LogP contribution >= 0.6 is 27.5 Å². The van der Waals surface area contributed by atoms with Crippen LogP contribution in [0.15, 0.2) is 52.5 Å². The molecule has 0 unspecified atom stereocenters. The summed E-state index contributed by atoms with van der Waals surface area (Å²) in [7, 11) is 1.50. The van der Waals surface area contributed by atoms with Gasteiger partial charge in [-0.25, -0.2) is 5.01 Å². The summed E-state index contributed by atoms with van der Waals surface area (Å²) < 4.78 is 5.95. The van der Waals surface area contributed by atoms with Crippen molar-refractivity contribution in [2.45, 2.75) is 0 Å². The van der Waals surface area contributed by atoms with Crippen molar-refractivity contribution in [1.82, 2.24) is 5.43 Å². The van der Waals surface area contributed by atoms with E-state index in [1.165, 1.54) is 18.2 Å². The zero-order valence-electron chi connectivity index (χ0n) is 12.5. The molecule has 2 aromatic rings. The second kappa shape index (κ2) is 6.67. The summed E-state index contributed by atoms with van der Waals surface area (Å²) in [5.74, 6) is -0.433. The van der Waals surface area contributed by atoms with E-state index in [9.17, 15) is 9.59 Å². The highest BCUT2D eigenvalue weighted by atomic mass is 79.9. The van der Waals surface area contributed by atoms with Gasteiger partial charge in [0.1, 0.15) is 11.3 Å². The Morgan fingerprint density at radius 2 is 1.92 bits per heavy atom. The highest BCUT2D eigenvalue weighted by molar-refractivity contribution is 9.10. The molecule has 5 nitrogen and oxygen atoms in total. The number of benzene rings is 2. The van der Waals surface area contributed by atoms with Crippen LogP contribution in [-0.4, -0.2) is 18.9 Å². The van der Waals surface area contributed by atoms with Crippen molar-refractivity contribution in [2.75, 3.05) is 12.1 Å². The molecular formula is C17H12BrClN2O3. The summed E-state index contributed by atoms with van der Waals surface area (Å²) in [6.07, 6.45) is 1.47. The lowest BCUT2D eigenvalue weighted by molar-refractivity contribution is -0.117. The number of methoxy groups -OCH3 is 1. The molecule has 0 aliphatic carbocycles. The van der Waals surface area contributed by atoms with Crippen LogP contribution in [0.3, 0.4) is 0 Å². The SMILES string of the molecule is COc1c(Br)cc(Cl)cc1/C=C1/C(=O)NN(c2ccccc2)C1=O. The predicted molar refractivity (Wildman–Crippen MR) is 95.8 cm³/mol. The number of anilines is 1. The fourth-order valence-electron chi connectivity index (χ4n) is 2.37. The molecule has 7 heteroatoms. The van der Waals surface area contributed by atoms with Crippen LogP contribution in [0.5, 0.6) is 5.75 Å². The molecule has 0 bridgehead atoms. The van der Waals surface area contributed by atoms with Crippen molar-refractivity contribution in [3.63, 3.8) is 0 Å². The lowest BCUT2D eigenvalue weighted by Crippen LogP contribution is -2.35. The highest BCUT2D eigenvalue weighted by Crippen LogP contribution is 2.34. The van der Waals surface area contributed by atoms with Gasteiger partial charge in [-0.2, -0.15) is 0 Å². The van der Waals surface area contributed by atoms with E-state index >= 15 is 0 Å². The zero-order valence-corrected chi connectivity index (χ0v) is 14.9. The summed E-state index contributed by atoms with van der Waals surface area (Å²) in [4.78, 5) is 24.8. The summed E-state index contributed by atoms with van der Waals surface area (Å²) in [6.45, 7) is 0. The third-order valence-electron chi connectivity index (χ3n) is 3.45. The van der Waals surface area contributed by atoms with Crippen LogP contribution in [0.2, 0.25) is 5.02 Å². The Bertz CT molecular complexity index is 852. The molecule has 0 radical (unpaired) electrons. The van der Waals surface area contributed by atoms with Crippen molar-refractivity contribution in [3.05, 3.63) is 63.1 Å². The van der Waals surface area contributed by atoms with Crippen molar-refractivity contribution in [3.8, 4) is 5.75 Å². The zero-order chi connectivity index (χ0) is 17.3. The number of carbonyl (C=O) groups excluding carboxylic acids is 2. The normalized spacial score (nSPS) is 15.8. The molecular weight excluding hydrogens is 396 g/mol. The molecule has 2 aromatic carbocycles. The van der Waals surface area contributed by atoms with Gasteiger partial charge >= 0.3 is 0 Å². The number of halogens is 2. The molecule has 1 N–H and O–H groups in total. The number of nitrogens with one attached hydrogen (secondary N) is 1. The minimum absolute atomic E-state index is 0.00585. The minimum atomic E-state index is -0.484. The van der Waals surface area contributed by atoms with E-state index in [4.69, 9.17) is 16.3 Å². The van der Waals surface area contributed by atoms with Gasteiger partial charge in [0.05, 0.1) is 17.3 Å². The van der Waals surface area contributed by atoms with Gasteiger partial charge in [0.25, 0.3) is 11.8 Å². The second-order valence-electron chi connectivity index (χ2n) is 4.99. The van der Waals surface area contributed by atoms with Gasteiger partial charge in [-0.15, -0.1) is 0 Å². The van der Waals surface area contributed by atoms with Crippen LogP contribution in [0.4, 0.5) is 5.69 Å². The lowest BCUT2D eigenvalue weighted by atomic mass is 10.1. The first kappa shape index (κ1) is 16.5. The number of hydrogen-bond donors (Lipinski definition) is 1. The first-order valence-electron chi connectivity index (χ1n) is 6.96. The molecule has 0 atom stereocenters. The quantitative estimate of drug-likeness (QED) is 0.625. The number of rotatable bonds is 3. The van der Waals surface area contributed by atoms with Crippen LogP contribution in [0.1, 0.15) is 5.56 Å². The van der Waals surface area contributed by atoms with E-state index in [0.29, 0.717) is 26.5 Å². The van der Waals surface area contributed by atoms with Crippen LogP contribution in [0.25, 0.3) is 6.08 Å². The van der Waals surface area contributed by atoms with E-state index in [2.05, 4.69) is 21.4 Å². The van der Waals surface area contributed by atoms with Crippen molar-refractivity contribution < 1.29 is 14.3 Å². The number of para-hydroxylation sites is 1. The maximum absolute atomic E-state index is 12.6. The Kier molecular flexibility index (Phi) is 4.59. The average Bonchev–Trinajstić information content (AvgIpc) is 2.83.